The Bertz CT molecular complexity index is 216. The van der Waals surface area contributed by atoms with E-state index in [-0.39, 0.29) is 11.7 Å². The molecule has 10 heavy (non-hydrogen) atoms. The number of oxazole rings is 1. The van der Waals surface area contributed by atoms with Crippen LogP contribution in [0.2, 0.25) is 0 Å². The molecule has 3 nitrogen and oxygen atoms in total. The fourth-order valence-electron chi connectivity index (χ4n) is 0.644. The number of aromatic nitrogens is 1. The quantitative estimate of drug-likeness (QED) is 0.621. The Morgan fingerprint density at radius 2 is 2.50 bits per heavy atom. The van der Waals surface area contributed by atoms with Crippen molar-refractivity contribution in [2.45, 2.75) is 19.8 Å². The highest BCUT2D eigenvalue weighted by Gasteiger charge is 2.12. The first-order chi connectivity index (χ1) is 4.72. The van der Waals surface area contributed by atoms with Crippen molar-refractivity contribution in [3.63, 3.8) is 0 Å². The maximum atomic E-state index is 10.8. The number of carbonyl (C=O) groups excluding carboxylic acids is 1. The molecule has 0 aliphatic rings. The van der Waals surface area contributed by atoms with E-state index >= 15 is 0 Å². The molecule has 0 radical (unpaired) electrons. The lowest BCUT2D eigenvalue weighted by Gasteiger charge is -1.99. The lowest BCUT2D eigenvalue weighted by atomic mass is 10.1. The van der Waals surface area contributed by atoms with E-state index in [1.165, 1.54) is 12.7 Å². The zero-order chi connectivity index (χ0) is 7.56. The predicted octanol–water partition coefficient (Wildman–Crippen LogP) is 1.37. The number of hydrogen-bond donors (Lipinski definition) is 0. The van der Waals surface area contributed by atoms with E-state index in [1.807, 2.05) is 0 Å². The van der Waals surface area contributed by atoms with E-state index in [2.05, 4.69) is 4.98 Å². The second-order valence-electron chi connectivity index (χ2n) is 2.25. The molecule has 0 N–H and O–H groups in total. The van der Waals surface area contributed by atoms with E-state index in [9.17, 15) is 4.79 Å². The number of nitrogens with zero attached hydrogens (tertiary/aromatic N) is 1. The summed E-state index contributed by atoms with van der Waals surface area (Å²) in [5.74, 6) is -0.0346. The number of ketones is 1. The van der Waals surface area contributed by atoms with E-state index in [1.54, 1.807) is 13.8 Å². The summed E-state index contributed by atoms with van der Waals surface area (Å²) in [7, 11) is 0. The standard InChI is InChI=1S/C7H9NO2/c1-5(6(2)9)7-3-10-4-8-7/h3-5H,1-2H3. The van der Waals surface area contributed by atoms with Crippen LogP contribution in [0.1, 0.15) is 25.5 Å². The molecule has 54 valence electrons. The summed E-state index contributed by atoms with van der Waals surface area (Å²) in [6.07, 6.45) is 2.82. The van der Waals surface area contributed by atoms with Crippen LogP contribution >= 0.6 is 0 Å². The molecule has 0 saturated heterocycles. The maximum Gasteiger partial charge on any atom is 0.180 e. The largest absolute Gasteiger partial charge is 0.451 e. The molecule has 1 atom stereocenters. The van der Waals surface area contributed by atoms with Crippen molar-refractivity contribution >= 4 is 5.78 Å². The van der Waals surface area contributed by atoms with Crippen molar-refractivity contribution in [3.8, 4) is 0 Å². The SMILES string of the molecule is CC(=O)C(C)c1cocn1. The van der Waals surface area contributed by atoms with Crippen molar-refractivity contribution in [2.24, 2.45) is 0 Å². The Labute approximate surface area is 59.1 Å². The van der Waals surface area contributed by atoms with Crippen LogP contribution in [0.3, 0.4) is 0 Å². The average molecular weight is 139 g/mol. The topological polar surface area (TPSA) is 43.1 Å². The summed E-state index contributed by atoms with van der Waals surface area (Å²) in [4.78, 5) is 14.6. The smallest absolute Gasteiger partial charge is 0.180 e. The molecular formula is C7H9NO2. The van der Waals surface area contributed by atoms with Crippen LogP contribution in [0, 0.1) is 0 Å². The van der Waals surface area contributed by atoms with Gasteiger partial charge < -0.3 is 4.42 Å². The molecule has 1 heterocycles. The molecule has 0 aromatic carbocycles. The Balaban J connectivity index is 2.77. The van der Waals surface area contributed by atoms with Crippen molar-refractivity contribution in [1.82, 2.24) is 4.98 Å². The van der Waals surface area contributed by atoms with Gasteiger partial charge in [-0.15, -0.1) is 0 Å². The molecule has 1 aromatic heterocycles. The first-order valence-electron chi connectivity index (χ1n) is 3.10. The first-order valence-corrected chi connectivity index (χ1v) is 3.10. The summed E-state index contributed by atoms with van der Waals surface area (Å²) in [6, 6.07) is 0. The molecule has 0 amide bonds. The third kappa shape index (κ3) is 1.23. The molecule has 0 aliphatic carbocycles. The molecule has 0 saturated carbocycles. The van der Waals surface area contributed by atoms with Gasteiger partial charge in [-0.1, -0.05) is 0 Å². The molecule has 1 unspecified atom stereocenters. The van der Waals surface area contributed by atoms with Crippen LogP contribution in [-0.2, 0) is 4.79 Å². The van der Waals surface area contributed by atoms with Crippen molar-refractivity contribution in [1.29, 1.82) is 0 Å². The minimum atomic E-state index is -0.140. The van der Waals surface area contributed by atoms with Gasteiger partial charge in [-0.3, -0.25) is 4.79 Å². The normalized spacial score (nSPS) is 13.0. The molecule has 0 fully saturated rings. The third-order valence-electron chi connectivity index (χ3n) is 1.50. The van der Waals surface area contributed by atoms with Crippen LogP contribution in [0.5, 0.6) is 0 Å². The second-order valence-corrected chi connectivity index (χ2v) is 2.25. The number of carbonyl (C=O) groups is 1. The highest BCUT2D eigenvalue weighted by molar-refractivity contribution is 5.82. The van der Waals surface area contributed by atoms with Crippen LogP contribution < -0.4 is 0 Å². The van der Waals surface area contributed by atoms with Gasteiger partial charge in [0.25, 0.3) is 0 Å². The number of hydrogen-bond acceptors (Lipinski definition) is 3. The Hall–Kier alpha value is -1.12. The minimum absolute atomic E-state index is 0.105. The van der Waals surface area contributed by atoms with Gasteiger partial charge in [-0.05, 0) is 13.8 Å². The second kappa shape index (κ2) is 2.64. The molecule has 3 heteroatoms. The summed E-state index contributed by atoms with van der Waals surface area (Å²) in [5, 5.41) is 0. The Morgan fingerprint density at radius 3 is 2.90 bits per heavy atom. The maximum absolute atomic E-state index is 10.8. The monoisotopic (exact) mass is 139 g/mol. The molecule has 0 spiro atoms. The average Bonchev–Trinajstić information content (AvgIpc) is 2.36. The van der Waals surface area contributed by atoms with Gasteiger partial charge in [0, 0.05) is 0 Å². The van der Waals surface area contributed by atoms with Gasteiger partial charge in [0.2, 0.25) is 0 Å². The zero-order valence-corrected chi connectivity index (χ0v) is 6.00. The van der Waals surface area contributed by atoms with E-state index in [4.69, 9.17) is 4.42 Å². The van der Waals surface area contributed by atoms with E-state index < -0.39 is 0 Å². The van der Waals surface area contributed by atoms with Crippen LogP contribution in [0.25, 0.3) is 0 Å². The van der Waals surface area contributed by atoms with Gasteiger partial charge in [-0.2, -0.15) is 0 Å². The highest BCUT2D eigenvalue weighted by atomic mass is 16.3. The van der Waals surface area contributed by atoms with E-state index in [0.29, 0.717) is 5.69 Å². The fraction of sp³-hybridized carbons (Fsp3) is 0.429. The van der Waals surface area contributed by atoms with Crippen molar-refractivity contribution in [3.05, 3.63) is 18.4 Å². The summed E-state index contributed by atoms with van der Waals surface area (Å²) < 4.78 is 4.72. The highest BCUT2D eigenvalue weighted by Crippen LogP contribution is 2.12. The summed E-state index contributed by atoms with van der Waals surface area (Å²) in [5.41, 5.74) is 0.701. The van der Waals surface area contributed by atoms with Gasteiger partial charge in [0.05, 0.1) is 11.6 Å². The van der Waals surface area contributed by atoms with E-state index in [0.717, 1.165) is 0 Å². The number of Topliss-reactive ketones (excluding diaryl/α,β-unsaturated/α-hetero) is 1. The summed E-state index contributed by atoms with van der Waals surface area (Å²) in [6.45, 7) is 3.35. The fourth-order valence-corrected chi connectivity index (χ4v) is 0.644. The lowest BCUT2D eigenvalue weighted by molar-refractivity contribution is -0.118. The van der Waals surface area contributed by atoms with Gasteiger partial charge in [0.15, 0.2) is 6.39 Å². The Morgan fingerprint density at radius 1 is 1.80 bits per heavy atom. The van der Waals surface area contributed by atoms with Gasteiger partial charge in [0.1, 0.15) is 12.0 Å². The van der Waals surface area contributed by atoms with Crippen LogP contribution in [0.4, 0.5) is 0 Å². The molecule has 1 rings (SSSR count). The summed E-state index contributed by atoms with van der Waals surface area (Å²) >= 11 is 0. The van der Waals surface area contributed by atoms with Crippen molar-refractivity contribution in [2.75, 3.05) is 0 Å². The van der Waals surface area contributed by atoms with Crippen molar-refractivity contribution < 1.29 is 9.21 Å². The zero-order valence-electron chi connectivity index (χ0n) is 6.00. The van der Waals surface area contributed by atoms with Crippen LogP contribution in [0.15, 0.2) is 17.1 Å². The molecule has 1 aromatic rings. The first kappa shape index (κ1) is 6.99. The molecule has 0 bridgehead atoms. The predicted molar refractivity (Wildman–Crippen MR) is 35.6 cm³/mol. The van der Waals surface area contributed by atoms with Crippen LogP contribution in [-0.4, -0.2) is 10.8 Å². The lowest BCUT2D eigenvalue weighted by Crippen LogP contribution is -2.03. The van der Waals surface area contributed by atoms with Gasteiger partial charge in [-0.25, -0.2) is 4.98 Å². The Kier molecular flexibility index (Phi) is 1.85. The third-order valence-corrected chi connectivity index (χ3v) is 1.50. The molecular weight excluding hydrogens is 130 g/mol. The molecule has 0 aliphatic heterocycles. The number of rotatable bonds is 2. The van der Waals surface area contributed by atoms with Gasteiger partial charge >= 0.3 is 0 Å². The minimum Gasteiger partial charge on any atom is -0.451 e.